The number of carbonyl (C=O) groups excluding carboxylic acids is 1. The van der Waals surface area contributed by atoms with Crippen LogP contribution in [0.15, 0.2) is 23.1 Å². The summed E-state index contributed by atoms with van der Waals surface area (Å²) in [5, 5.41) is 0. The van der Waals surface area contributed by atoms with Gasteiger partial charge in [0.25, 0.3) is 0 Å². The first-order valence-electron chi connectivity index (χ1n) is 4.71. The number of anilines is 1. The van der Waals surface area contributed by atoms with Crippen molar-refractivity contribution in [1.29, 1.82) is 0 Å². The summed E-state index contributed by atoms with van der Waals surface area (Å²) < 4.78 is 23.6. The van der Waals surface area contributed by atoms with Crippen molar-refractivity contribution >= 4 is 21.4 Å². The molecule has 0 fully saturated rings. The molecule has 0 aliphatic heterocycles. The van der Waals surface area contributed by atoms with Crippen molar-refractivity contribution in [2.45, 2.75) is 18.2 Å². The number of sulfone groups is 1. The van der Waals surface area contributed by atoms with Crippen LogP contribution in [0.1, 0.15) is 12.0 Å². The van der Waals surface area contributed by atoms with Crippen molar-refractivity contribution in [2.24, 2.45) is 5.73 Å². The molecule has 88 valence electrons. The van der Waals surface area contributed by atoms with E-state index >= 15 is 0 Å². The molecule has 4 N–H and O–H groups in total. The van der Waals surface area contributed by atoms with E-state index in [1.807, 2.05) is 0 Å². The number of hydrogen-bond donors (Lipinski definition) is 2. The minimum absolute atomic E-state index is 0.0637. The Morgan fingerprint density at radius 1 is 1.38 bits per heavy atom. The van der Waals surface area contributed by atoms with Crippen molar-refractivity contribution in [3.8, 4) is 0 Å². The number of nitrogen functional groups attached to an aromatic ring is 1. The van der Waals surface area contributed by atoms with E-state index in [-0.39, 0.29) is 22.8 Å². The number of aryl methyl sites for hydroxylation is 1. The third kappa shape index (κ3) is 2.73. The van der Waals surface area contributed by atoms with Crippen LogP contribution >= 0.6 is 0 Å². The van der Waals surface area contributed by atoms with Gasteiger partial charge in [0.2, 0.25) is 5.91 Å². The van der Waals surface area contributed by atoms with Crippen molar-refractivity contribution in [3.63, 3.8) is 0 Å². The molecular weight excluding hydrogens is 228 g/mol. The molecular formula is C10H14N2O3S. The molecule has 0 saturated heterocycles. The summed E-state index contributed by atoms with van der Waals surface area (Å²) in [7, 11) is -3.53. The smallest absolute Gasteiger partial charge is 0.218 e. The molecule has 6 heteroatoms. The Bertz CT molecular complexity index is 509. The lowest BCUT2D eigenvalue weighted by Crippen LogP contribution is -2.18. The van der Waals surface area contributed by atoms with E-state index in [1.165, 1.54) is 6.07 Å². The van der Waals surface area contributed by atoms with Crippen molar-refractivity contribution < 1.29 is 13.2 Å². The molecule has 0 aliphatic carbocycles. The summed E-state index contributed by atoms with van der Waals surface area (Å²) in [6.45, 7) is 1.72. The summed E-state index contributed by atoms with van der Waals surface area (Å²) in [4.78, 5) is 10.6. The number of rotatable bonds is 4. The first-order chi connectivity index (χ1) is 7.34. The fraction of sp³-hybridized carbons (Fsp3) is 0.300. The highest BCUT2D eigenvalue weighted by Crippen LogP contribution is 2.22. The minimum Gasteiger partial charge on any atom is -0.397 e. The Kier molecular flexibility index (Phi) is 3.54. The van der Waals surface area contributed by atoms with E-state index in [9.17, 15) is 13.2 Å². The average molecular weight is 242 g/mol. The molecule has 0 aromatic heterocycles. The number of hydrogen-bond acceptors (Lipinski definition) is 4. The van der Waals surface area contributed by atoms with Gasteiger partial charge in [-0.2, -0.15) is 0 Å². The average Bonchev–Trinajstić information content (AvgIpc) is 2.19. The molecule has 5 nitrogen and oxygen atoms in total. The fourth-order valence-corrected chi connectivity index (χ4v) is 2.74. The van der Waals surface area contributed by atoms with Gasteiger partial charge in [0.15, 0.2) is 9.84 Å². The van der Waals surface area contributed by atoms with Crippen LogP contribution in [0.3, 0.4) is 0 Å². The van der Waals surface area contributed by atoms with Crippen molar-refractivity contribution in [2.75, 3.05) is 11.5 Å². The van der Waals surface area contributed by atoms with Crippen LogP contribution < -0.4 is 11.5 Å². The van der Waals surface area contributed by atoms with E-state index in [2.05, 4.69) is 0 Å². The van der Waals surface area contributed by atoms with E-state index in [0.29, 0.717) is 5.56 Å². The second kappa shape index (κ2) is 4.52. The maximum atomic E-state index is 11.8. The molecule has 0 radical (unpaired) electrons. The van der Waals surface area contributed by atoms with Gasteiger partial charge in [-0.05, 0) is 18.6 Å². The monoisotopic (exact) mass is 242 g/mol. The predicted octanol–water partition coefficient (Wildman–Crippen LogP) is 0.226. The van der Waals surface area contributed by atoms with Gasteiger partial charge in [0.05, 0.1) is 16.3 Å². The number of amides is 1. The lowest BCUT2D eigenvalue weighted by molar-refractivity contribution is -0.117. The van der Waals surface area contributed by atoms with Crippen LogP contribution in [-0.4, -0.2) is 20.1 Å². The van der Waals surface area contributed by atoms with Crippen molar-refractivity contribution in [3.05, 3.63) is 23.8 Å². The summed E-state index contributed by atoms with van der Waals surface area (Å²) >= 11 is 0. The maximum Gasteiger partial charge on any atom is 0.218 e. The molecule has 0 atom stereocenters. The van der Waals surface area contributed by atoms with Crippen LogP contribution in [-0.2, 0) is 14.6 Å². The Hall–Kier alpha value is -1.56. The number of para-hydroxylation sites is 1. The van der Waals surface area contributed by atoms with Gasteiger partial charge in [-0.1, -0.05) is 12.1 Å². The molecule has 1 amide bonds. The first-order valence-corrected chi connectivity index (χ1v) is 6.36. The van der Waals surface area contributed by atoms with Gasteiger partial charge in [-0.3, -0.25) is 4.79 Å². The van der Waals surface area contributed by atoms with Crippen molar-refractivity contribution in [1.82, 2.24) is 0 Å². The zero-order chi connectivity index (χ0) is 12.3. The highest BCUT2D eigenvalue weighted by atomic mass is 32.2. The summed E-state index contributed by atoms with van der Waals surface area (Å²) in [6, 6.07) is 4.77. The number of primary amides is 1. The summed E-state index contributed by atoms with van der Waals surface area (Å²) in [5.74, 6) is -0.953. The fourth-order valence-electron chi connectivity index (χ4n) is 1.27. The second-order valence-electron chi connectivity index (χ2n) is 3.52. The van der Waals surface area contributed by atoms with E-state index < -0.39 is 15.7 Å². The van der Waals surface area contributed by atoms with Crippen LogP contribution in [0.2, 0.25) is 0 Å². The Morgan fingerprint density at radius 3 is 2.56 bits per heavy atom. The van der Waals surface area contributed by atoms with E-state index in [1.54, 1.807) is 19.1 Å². The SMILES string of the molecule is Cc1cccc(S(=O)(=O)CCC(N)=O)c1N. The molecule has 1 aromatic carbocycles. The molecule has 0 bridgehead atoms. The molecule has 16 heavy (non-hydrogen) atoms. The van der Waals surface area contributed by atoms with Gasteiger partial charge < -0.3 is 11.5 Å². The summed E-state index contributed by atoms with van der Waals surface area (Å²) in [6.07, 6.45) is -0.199. The van der Waals surface area contributed by atoms with Crippen LogP contribution in [0.5, 0.6) is 0 Å². The molecule has 0 aliphatic rings. The van der Waals surface area contributed by atoms with Crippen LogP contribution in [0.4, 0.5) is 5.69 Å². The van der Waals surface area contributed by atoms with Gasteiger partial charge >= 0.3 is 0 Å². The molecule has 0 spiro atoms. The topological polar surface area (TPSA) is 103 Å². The van der Waals surface area contributed by atoms with Gasteiger partial charge in [0.1, 0.15) is 0 Å². The zero-order valence-electron chi connectivity index (χ0n) is 8.93. The number of nitrogens with two attached hydrogens (primary N) is 2. The second-order valence-corrected chi connectivity index (χ2v) is 5.60. The normalized spacial score (nSPS) is 11.3. The highest BCUT2D eigenvalue weighted by Gasteiger charge is 2.18. The quantitative estimate of drug-likeness (QED) is 0.737. The lowest BCUT2D eigenvalue weighted by Gasteiger charge is -2.08. The van der Waals surface area contributed by atoms with Gasteiger partial charge in [-0.25, -0.2) is 8.42 Å². The summed E-state index contributed by atoms with van der Waals surface area (Å²) in [5.41, 5.74) is 11.5. The Morgan fingerprint density at radius 2 is 2.00 bits per heavy atom. The molecule has 1 aromatic rings. The number of carbonyl (C=O) groups is 1. The van der Waals surface area contributed by atoms with Gasteiger partial charge in [0, 0.05) is 6.42 Å². The molecule has 0 heterocycles. The molecule has 1 rings (SSSR count). The number of benzene rings is 1. The Labute approximate surface area is 94.4 Å². The molecule has 0 saturated carbocycles. The zero-order valence-corrected chi connectivity index (χ0v) is 9.75. The standard InChI is InChI=1S/C10H14N2O3S/c1-7-3-2-4-8(10(7)12)16(14,15)6-5-9(11)13/h2-4H,5-6,12H2,1H3,(H2,11,13). The van der Waals surface area contributed by atoms with Crippen LogP contribution in [0.25, 0.3) is 0 Å². The minimum atomic E-state index is -3.53. The maximum absolute atomic E-state index is 11.8. The highest BCUT2D eigenvalue weighted by molar-refractivity contribution is 7.91. The van der Waals surface area contributed by atoms with Crippen LogP contribution in [0, 0.1) is 6.92 Å². The van der Waals surface area contributed by atoms with E-state index in [0.717, 1.165) is 0 Å². The lowest BCUT2D eigenvalue weighted by atomic mass is 10.2. The predicted molar refractivity (Wildman–Crippen MR) is 61.5 cm³/mol. The largest absolute Gasteiger partial charge is 0.397 e. The first kappa shape index (κ1) is 12.5. The van der Waals surface area contributed by atoms with E-state index in [4.69, 9.17) is 11.5 Å². The third-order valence-electron chi connectivity index (χ3n) is 2.24. The Balaban J connectivity index is 3.08. The van der Waals surface area contributed by atoms with Gasteiger partial charge in [-0.15, -0.1) is 0 Å². The molecule has 0 unspecified atom stereocenters. The third-order valence-corrected chi connectivity index (χ3v) is 4.00.